The zero-order chi connectivity index (χ0) is 30.6. The van der Waals surface area contributed by atoms with Crippen LogP contribution in [-0.4, -0.2) is 14.5 Å². The van der Waals surface area contributed by atoms with Crippen molar-refractivity contribution in [2.24, 2.45) is 0 Å². The Kier molecular flexibility index (Phi) is 6.02. The highest BCUT2D eigenvalue weighted by molar-refractivity contribution is 7.26. The normalized spacial score (nSPS) is 11.5. The third-order valence-corrected chi connectivity index (χ3v) is 9.77. The van der Waals surface area contributed by atoms with Crippen LogP contribution in [0.3, 0.4) is 0 Å². The van der Waals surface area contributed by atoms with Crippen molar-refractivity contribution < 1.29 is 0 Å². The molecule has 0 aliphatic carbocycles. The fraction of sp³-hybridized carbons (Fsp3) is 0. The van der Waals surface area contributed by atoms with E-state index in [1.54, 1.807) is 11.3 Å². The Hall–Kier alpha value is -6.09. The van der Waals surface area contributed by atoms with E-state index in [1.165, 1.54) is 10.8 Å². The SMILES string of the molecule is N#Cc1cc(-c2cccc3sc4c(-c5ccccc5)nc(-c5ccccc5)nc4c23)cc(-n2c3ccccc3c3ccccc32)c1. The average Bonchev–Trinajstić information content (AvgIpc) is 3.68. The minimum Gasteiger partial charge on any atom is -0.309 e. The predicted octanol–water partition coefficient (Wildman–Crippen LogP) is 10.8. The number of thiophene rings is 1. The molecule has 0 unspecified atom stereocenters. The van der Waals surface area contributed by atoms with Crippen molar-refractivity contribution in [3.05, 3.63) is 151 Å². The van der Waals surface area contributed by atoms with E-state index in [1.807, 2.05) is 48.5 Å². The monoisotopic (exact) mass is 604 g/mol. The first-order valence-electron chi connectivity index (χ1n) is 15.1. The Labute approximate surface area is 269 Å². The second-order valence-electron chi connectivity index (χ2n) is 11.3. The van der Waals surface area contributed by atoms with Gasteiger partial charge in [0.15, 0.2) is 5.82 Å². The molecule has 0 aliphatic rings. The molecule has 0 bridgehead atoms. The number of nitrogens with zero attached hydrogens (tertiary/aromatic N) is 4. The topological polar surface area (TPSA) is 54.5 Å². The molecule has 0 saturated heterocycles. The van der Waals surface area contributed by atoms with E-state index >= 15 is 0 Å². The van der Waals surface area contributed by atoms with Gasteiger partial charge >= 0.3 is 0 Å². The highest BCUT2D eigenvalue weighted by atomic mass is 32.1. The maximum Gasteiger partial charge on any atom is 0.160 e. The molecule has 3 aromatic heterocycles. The van der Waals surface area contributed by atoms with Crippen molar-refractivity contribution in [3.63, 3.8) is 0 Å². The van der Waals surface area contributed by atoms with Gasteiger partial charge in [-0.15, -0.1) is 11.3 Å². The Morgan fingerprint density at radius 1 is 0.587 bits per heavy atom. The van der Waals surface area contributed by atoms with Gasteiger partial charge < -0.3 is 4.57 Å². The lowest BCUT2D eigenvalue weighted by Crippen LogP contribution is -1.96. The first-order valence-corrected chi connectivity index (χ1v) is 16.0. The molecule has 0 atom stereocenters. The van der Waals surface area contributed by atoms with Crippen molar-refractivity contribution in [2.75, 3.05) is 0 Å². The van der Waals surface area contributed by atoms with Gasteiger partial charge in [0.2, 0.25) is 0 Å². The van der Waals surface area contributed by atoms with Crippen LogP contribution < -0.4 is 0 Å². The number of hydrogen-bond donors (Lipinski definition) is 0. The van der Waals surface area contributed by atoms with Gasteiger partial charge in [0.25, 0.3) is 0 Å². The van der Waals surface area contributed by atoms with Crippen LogP contribution in [0, 0.1) is 11.3 Å². The van der Waals surface area contributed by atoms with Crippen LogP contribution in [0.5, 0.6) is 0 Å². The van der Waals surface area contributed by atoms with Gasteiger partial charge in [-0.1, -0.05) is 109 Å². The van der Waals surface area contributed by atoms with Gasteiger partial charge in [-0.2, -0.15) is 5.26 Å². The lowest BCUT2D eigenvalue weighted by Gasteiger charge is -2.12. The van der Waals surface area contributed by atoms with Crippen LogP contribution in [0.15, 0.2) is 146 Å². The fourth-order valence-corrected chi connectivity index (χ4v) is 7.78. The standard InChI is InChI=1S/C41H24N4S/c42-25-26-22-29(24-30(23-26)45-34-19-9-7-16-32(34)33-17-8-10-20-35(33)45)31-18-11-21-36-37(31)39-40(46-36)38(27-12-3-1-4-13-27)43-41(44-39)28-14-5-2-6-15-28/h1-24H. The highest BCUT2D eigenvalue weighted by Gasteiger charge is 2.20. The van der Waals surface area contributed by atoms with Crippen LogP contribution in [0.4, 0.5) is 0 Å². The van der Waals surface area contributed by atoms with E-state index in [-0.39, 0.29) is 0 Å². The number of para-hydroxylation sites is 2. The summed E-state index contributed by atoms with van der Waals surface area (Å²) in [4.78, 5) is 10.4. The van der Waals surface area contributed by atoms with Gasteiger partial charge in [-0.05, 0) is 47.5 Å². The first-order chi connectivity index (χ1) is 22.8. The third kappa shape index (κ3) is 4.12. The van der Waals surface area contributed by atoms with E-state index in [2.05, 4.69) is 108 Å². The van der Waals surface area contributed by atoms with E-state index in [0.29, 0.717) is 11.4 Å². The van der Waals surface area contributed by atoms with E-state index in [4.69, 9.17) is 9.97 Å². The summed E-state index contributed by atoms with van der Waals surface area (Å²) >= 11 is 1.72. The minimum absolute atomic E-state index is 0.607. The van der Waals surface area contributed by atoms with Crippen molar-refractivity contribution >= 4 is 53.4 Å². The number of nitriles is 1. The third-order valence-electron chi connectivity index (χ3n) is 8.62. The molecule has 214 valence electrons. The molecule has 0 N–H and O–H groups in total. The zero-order valence-corrected chi connectivity index (χ0v) is 25.4. The van der Waals surface area contributed by atoms with Gasteiger partial charge in [-0.3, -0.25) is 0 Å². The largest absolute Gasteiger partial charge is 0.309 e. The summed E-state index contributed by atoms with van der Waals surface area (Å²) in [5.41, 5.74) is 9.66. The number of fused-ring (bicyclic) bond motifs is 6. The van der Waals surface area contributed by atoms with E-state index in [0.717, 1.165) is 65.0 Å². The molecule has 0 spiro atoms. The Balaban J connectivity index is 1.35. The summed E-state index contributed by atoms with van der Waals surface area (Å²) in [6.45, 7) is 0. The molecule has 9 aromatic rings. The zero-order valence-electron chi connectivity index (χ0n) is 24.6. The number of aromatic nitrogens is 3. The van der Waals surface area contributed by atoms with E-state index < -0.39 is 0 Å². The second kappa shape index (κ2) is 10.5. The molecule has 6 aromatic carbocycles. The number of rotatable bonds is 4. The summed E-state index contributed by atoms with van der Waals surface area (Å²) in [6.07, 6.45) is 0. The van der Waals surface area contributed by atoms with Crippen LogP contribution in [0.25, 0.3) is 81.6 Å². The van der Waals surface area contributed by atoms with Gasteiger partial charge in [-0.25, -0.2) is 9.97 Å². The maximum atomic E-state index is 10.2. The maximum absolute atomic E-state index is 10.2. The van der Waals surface area contributed by atoms with Crippen molar-refractivity contribution in [1.29, 1.82) is 5.26 Å². The Morgan fingerprint density at radius 3 is 1.93 bits per heavy atom. The summed E-state index contributed by atoms with van der Waals surface area (Å²) < 4.78 is 4.45. The molecule has 0 aliphatic heterocycles. The van der Waals surface area contributed by atoms with Gasteiger partial charge in [0.1, 0.15) is 0 Å². The molecular weight excluding hydrogens is 581 g/mol. The Bertz CT molecular complexity index is 2590. The second-order valence-corrected chi connectivity index (χ2v) is 12.4. The molecule has 0 radical (unpaired) electrons. The minimum atomic E-state index is 0.607. The van der Waals surface area contributed by atoms with E-state index in [9.17, 15) is 5.26 Å². The molecule has 0 fully saturated rings. The van der Waals surface area contributed by atoms with Crippen LogP contribution in [0.1, 0.15) is 5.56 Å². The molecular formula is C41H24N4S. The summed E-state index contributed by atoms with van der Waals surface area (Å²) in [5, 5.41) is 13.7. The van der Waals surface area contributed by atoms with Crippen LogP contribution in [0.2, 0.25) is 0 Å². The van der Waals surface area contributed by atoms with Gasteiger partial charge in [0.05, 0.1) is 38.6 Å². The van der Waals surface area contributed by atoms with Crippen molar-refractivity contribution in [3.8, 4) is 45.5 Å². The number of benzene rings is 6. The van der Waals surface area contributed by atoms with Crippen molar-refractivity contribution in [1.82, 2.24) is 14.5 Å². The fourth-order valence-electron chi connectivity index (χ4n) is 6.60. The molecule has 3 heterocycles. The lowest BCUT2D eigenvalue weighted by atomic mass is 9.98. The molecule has 0 saturated carbocycles. The number of hydrogen-bond acceptors (Lipinski definition) is 4. The summed E-state index contributed by atoms with van der Waals surface area (Å²) in [7, 11) is 0. The van der Waals surface area contributed by atoms with Gasteiger partial charge in [0, 0.05) is 37.7 Å². The molecule has 4 nitrogen and oxygen atoms in total. The Morgan fingerprint density at radius 2 is 1.24 bits per heavy atom. The predicted molar refractivity (Wildman–Crippen MR) is 190 cm³/mol. The average molecular weight is 605 g/mol. The summed E-state index contributed by atoms with van der Waals surface area (Å²) in [6, 6.07) is 52.4. The first kappa shape index (κ1) is 26.3. The molecule has 0 amide bonds. The highest BCUT2D eigenvalue weighted by Crippen LogP contribution is 2.44. The quantitative estimate of drug-likeness (QED) is 0.201. The molecule has 9 rings (SSSR count). The smallest absolute Gasteiger partial charge is 0.160 e. The van der Waals surface area contributed by atoms with Crippen LogP contribution >= 0.6 is 11.3 Å². The molecule has 5 heteroatoms. The lowest BCUT2D eigenvalue weighted by molar-refractivity contribution is 1.18. The van der Waals surface area contributed by atoms with Crippen molar-refractivity contribution in [2.45, 2.75) is 0 Å². The summed E-state index contributed by atoms with van der Waals surface area (Å²) in [5.74, 6) is 0.693. The van der Waals surface area contributed by atoms with Crippen LogP contribution in [-0.2, 0) is 0 Å². The molecule has 46 heavy (non-hydrogen) atoms.